The topological polar surface area (TPSA) is 88.2 Å². The summed E-state index contributed by atoms with van der Waals surface area (Å²) in [6, 6.07) is 4.88. The highest BCUT2D eigenvalue weighted by Crippen LogP contribution is 2.23. The largest absolute Gasteiger partial charge is 0.478 e. The number of rotatable bonds is 4. The average Bonchev–Trinajstić information content (AvgIpc) is 2.80. The average molecular weight is 249 g/mol. The Labute approximate surface area is 102 Å². The van der Waals surface area contributed by atoms with E-state index in [4.69, 9.17) is 10.8 Å². The van der Waals surface area contributed by atoms with Crippen molar-refractivity contribution in [3.63, 3.8) is 0 Å². The van der Waals surface area contributed by atoms with E-state index in [1.54, 1.807) is 18.3 Å². The van der Waals surface area contributed by atoms with Crippen molar-refractivity contribution in [1.82, 2.24) is 4.98 Å². The Morgan fingerprint density at radius 2 is 2.35 bits per heavy atom. The molecule has 0 saturated heterocycles. The molecular formula is C11H11N3O2S. The van der Waals surface area contributed by atoms with Crippen molar-refractivity contribution in [2.24, 2.45) is 0 Å². The van der Waals surface area contributed by atoms with Crippen LogP contribution >= 0.6 is 11.3 Å². The van der Waals surface area contributed by atoms with Crippen molar-refractivity contribution in [3.05, 3.63) is 40.3 Å². The second-order valence-electron chi connectivity index (χ2n) is 3.35. The predicted molar refractivity (Wildman–Crippen MR) is 67.3 cm³/mol. The van der Waals surface area contributed by atoms with E-state index in [-0.39, 0.29) is 11.3 Å². The first-order valence-electron chi connectivity index (χ1n) is 4.92. The lowest BCUT2D eigenvalue weighted by Crippen LogP contribution is -2.07. The van der Waals surface area contributed by atoms with Gasteiger partial charge >= 0.3 is 5.97 Å². The standard InChI is InChI=1S/C11H11N3O2S/c12-10-7(11(15)16)2-1-3-8(10)14-6-9-13-4-5-17-9/h1-5,14H,6,12H2,(H,15,16). The summed E-state index contributed by atoms with van der Waals surface area (Å²) >= 11 is 1.53. The number of aromatic nitrogens is 1. The fourth-order valence-corrected chi connectivity index (χ4v) is 1.97. The first-order valence-corrected chi connectivity index (χ1v) is 5.80. The smallest absolute Gasteiger partial charge is 0.337 e. The fraction of sp³-hybridized carbons (Fsp3) is 0.0909. The lowest BCUT2D eigenvalue weighted by molar-refractivity contribution is 0.0698. The zero-order chi connectivity index (χ0) is 12.3. The van der Waals surface area contributed by atoms with Crippen LogP contribution in [0.3, 0.4) is 0 Å². The Morgan fingerprint density at radius 1 is 1.53 bits per heavy atom. The lowest BCUT2D eigenvalue weighted by atomic mass is 10.1. The van der Waals surface area contributed by atoms with E-state index in [1.807, 2.05) is 5.38 Å². The molecule has 2 aromatic rings. The van der Waals surface area contributed by atoms with Gasteiger partial charge in [-0.1, -0.05) is 6.07 Å². The maximum Gasteiger partial charge on any atom is 0.337 e. The van der Waals surface area contributed by atoms with E-state index < -0.39 is 5.97 Å². The molecule has 0 atom stereocenters. The molecule has 88 valence electrons. The minimum absolute atomic E-state index is 0.106. The number of nitrogen functional groups attached to an aromatic ring is 1. The van der Waals surface area contributed by atoms with Crippen molar-refractivity contribution in [1.29, 1.82) is 0 Å². The third kappa shape index (κ3) is 2.54. The number of nitrogens with zero attached hydrogens (tertiary/aromatic N) is 1. The summed E-state index contributed by atoms with van der Waals surface area (Å²) in [6.45, 7) is 0.533. The van der Waals surface area contributed by atoms with E-state index in [0.29, 0.717) is 12.2 Å². The molecule has 0 fully saturated rings. The molecule has 2 rings (SSSR count). The van der Waals surface area contributed by atoms with Crippen LogP contribution in [0, 0.1) is 0 Å². The van der Waals surface area contributed by atoms with Crippen LogP contribution in [0.15, 0.2) is 29.8 Å². The van der Waals surface area contributed by atoms with E-state index >= 15 is 0 Å². The van der Waals surface area contributed by atoms with E-state index in [0.717, 1.165) is 5.01 Å². The zero-order valence-corrected chi connectivity index (χ0v) is 9.70. The summed E-state index contributed by atoms with van der Waals surface area (Å²) in [5, 5.41) is 14.8. The number of carboxylic acid groups (broad SMARTS) is 1. The van der Waals surface area contributed by atoms with Crippen LogP contribution in [0.2, 0.25) is 0 Å². The summed E-state index contributed by atoms with van der Waals surface area (Å²) in [4.78, 5) is 15.0. The third-order valence-electron chi connectivity index (χ3n) is 2.25. The van der Waals surface area contributed by atoms with Crippen molar-refractivity contribution >= 4 is 28.7 Å². The number of aromatic carboxylic acids is 1. The maximum absolute atomic E-state index is 10.9. The van der Waals surface area contributed by atoms with Gasteiger partial charge in [-0.3, -0.25) is 0 Å². The number of para-hydroxylation sites is 1. The number of thiazole rings is 1. The number of hydrogen-bond donors (Lipinski definition) is 3. The second kappa shape index (κ2) is 4.84. The first kappa shape index (κ1) is 11.4. The molecular weight excluding hydrogens is 238 g/mol. The summed E-state index contributed by atoms with van der Waals surface area (Å²) in [5.74, 6) is -1.03. The van der Waals surface area contributed by atoms with Gasteiger partial charge in [-0.15, -0.1) is 11.3 Å². The van der Waals surface area contributed by atoms with Crippen LogP contribution < -0.4 is 11.1 Å². The molecule has 0 saturated carbocycles. The van der Waals surface area contributed by atoms with Gasteiger partial charge in [-0.05, 0) is 12.1 Å². The Balaban J connectivity index is 2.16. The Bertz CT molecular complexity index is 526. The molecule has 0 radical (unpaired) electrons. The van der Waals surface area contributed by atoms with Crippen LogP contribution in [0.25, 0.3) is 0 Å². The molecule has 0 aliphatic carbocycles. The Morgan fingerprint density at radius 3 is 3.00 bits per heavy atom. The maximum atomic E-state index is 10.9. The molecule has 0 amide bonds. The van der Waals surface area contributed by atoms with Gasteiger partial charge in [0.2, 0.25) is 0 Å². The first-order chi connectivity index (χ1) is 8.18. The van der Waals surface area contributed by atoms with E-state index in [2.05, 4.69) is 10.3 Å². The van der Waals surface area contributed by atoms with Crippen LogP contribution in [0.1, 0.15) is 15.4 Å². The van der Waals surface area contributed by atoms with Gasteiger partial charge in [-0.25, -0.2) is 9.78 Å². The van der Waals surface area contributed by atoms with Gasteiger partial charge in [0, 0.05) is 11.6 Å². The van der Waals surface area contributed by atoms with Gasteiger partial charge in [-0.2, -0.15) is 0 Å². The number of anilines is 2. The highest BCUT2D eigenvalue weighted by molar-refractivity contribution is 7.09. The number of carbonyl (C=O) groups is 1. The number of nitrogens with two attached hydrogens (primary N) is 1. The molecule has 1 aromatic heterocycles. The molecule has 4 N–H and O–H groups in total. The van der Waals surface area contributed by atoms with Crippen molar-refractivity contribution in [3.8, 4) is 0 Å². The SMILES string of the molecule is Nc1c(NCc2nccs2)cccc1C(=O)O. The van der Waals surface area contributed by atoms with Crippen LogP contribution in [-0.2, 0) is 6.54 Å². The molecule has 0 spiro atoms. The number of hydrogen-bond acceptors (Lipinski definition) is 5. The van der Waals surface area contributed by atoms with E-state index in [1.165, 1.54) is 17.4 Å². The van der Waals surface area contributed by atoms with Gasteiger partial charge in [0.15, 0.2) is 0 Å². The van der Waals surface area contributed by atoms with Crippen molar-refractivity contribution < 1.29 is 9.90 Å². The molecule has 0 bridgehead atoms. The van der Waals surface area contributed by atoms with Gasteiger partial charge in [0.1, 0.15) is 5.01 Å². The van der Waals surface area contributed by atoms with Crippen LogP contribution in [0.4, 0.5) is 11.4 Å². The molecule has 1 heterocycles. The van der Waals surface area contributed by atoms with Crippen LogP contribution in [-0.4, -0.2) is 16.1 Å². The lowest BCUT2D eigenvalue weighted by Gasteiger charge is -2.09. The summed E-state index contributed by atoms with van der Waals surface area (Å²) < 4.78 is 0. The molecule has 1 aromatic carbocycles. The predicted octanol–water partition coefficient (Wildman–Crippen LogP) is 2.04. The second-order valence-corrected chi connectivity index (χ2v) is 4.33. The monoisotopic (exact) mass is 249 g/mol. The Kier molecular flexibility index (Phi) is 3.24. The third-order valence-corrected chi connectivity index (χ3v) is 3.03. The summed E-state index contributed by atoms with van der Waals surface area (Å²) in [5.41, 5.74) is 6.73. The highest BCUT2D eigenvalue weighted by Gasteiger charge is 2.10. The molecule has 0 aliphatic rings. The van der Waals surface area contributed by atoms with Gasteiger partial charge in [0.25, 0.3) is 0 Å². The number of carboxylic acids is 1. The highest BCUT2D eigenvalue weighted by atomic mass is 32.1. The molecule has 17 heavy (non-hydrogen) atoms. The van der Waals surface area contributed by atoms with Gasteiger partial charge < -0.3 is 16.2 Å². The molecule has 0 unspecified atom stereocenters. The van der Waals surface area contributed by atoms with Gasteiger partial charge in [0.05, 0.1) is 23.5 Å². The fourth-order valence-electron chi connectivity index (χ4n) is 1.42. The summed E-state index contributed by atoms with van der Waals surface area (Å²) in [7, 11) is 0. The minimum atomic E-state index is -1.03. The number of benzene rings is 1. The summed E-state index contributed by atoms with van der Waals surface area (Å²) in [6.07, 6.45) is 1.72. The number of nitrogens with one attached hydrogen (secondary N) is 1. The normalized spacial score (nSPS) is 10.1. The molecule has 6 heteroatoms. The molecule has 0 aliphatic heterocycles. The Hall–Kier alpha value is -2.08. The minimum Gasteiger partial charge on any atom is -0.478 e. The van der Waals surface area contributed by atoms with E-state index in [9.17, 15) is 4.79 Å². The molecule has 5 nitrogen and oxygen atoms in total. The quantitative estimate of drug-likeness (QED) is 0.721. The van der Waals surface area contributed by atoms with Crippen molar-refractivity contribution in [2.75, 3.05) is 11.1 Å². The van der Waals surface area contributed by atoms with Crippen LogP contribution in [0.5, 0.6) is 0 Å². The van der Waals surface area contributed by atoms with Crippen molar-refractivity contribution in [2.45, 2.75) is 6.54 Å². The zero-order valence-electron chi connectivity index (χ0n) is 8.88.